The van der Waals surface area contributed by atoms with Crippen molar-refractivity contribution in [2.24, 2.45) is 14.1 Å². The summed E-state index contributed by atoms with van der Waals surface area (Å²) in [6, 6.07) is 20.7. The molecule has 2 N–H and O–H groups in total. The fourth-order valence-electron chi connectivity index (χ4n) is 5.39. The number of nitrogens with one attached hydrogen (secondary N) is 2. The maximum atomic E-state index is 13.1. The van der Waals surface area contributed by atoms with Crippen LogP contribution in [-0.2, 0) is 14.1 Å². The van der Waals surface area contributed by atoms with E-state index < -0.39 is 0 Å². The molecule has 45 heavy (non-hydrogen) atoms. The van der Waals surface area contributed by atoms with Gasteiger partial charge in [-0.1, -0.05) is 42.5 Å². The van der Waals surface area contributed by atoms with Crippen LogP contribution in [0.4, 0.5) is 11.4 Å². The van der Waals surface area contributed by atoms with E-state index in [0.29, 0.717) is 41.4 Å². The molecule has 6 rings (SSSR count). The van der Waals surface area contributed by atoms with Crippen molar-refractivity contribution in [3.63, 3.8) is 0 Å². The molecule has 0 aliphatic carbocycles. The van der Waals surface area contributed by atoms with Gasteiger partial charge in [0.05, 0.1) is 16.9 Å². The minimum atomic E-state index is -0.347. The number of aryl methyl sites for hydroxylation is 2. The Morgan fingerprint density at radius 2 is 1.33 bits per heavy atom. The van der Waals surface area contributed by atoms with E-state index in [2.05, 4.69) is 26.6 Å². The van der Waals surface area contributed by atoms with Crippen LogP contribution >= 0.6 is 0 Å². The number of hydrogen-bond acceptors (Lipinski definition) is 5. The Labute approximate surface area is 261 Å². The topological polar surface area (TPSA) is 104 Å². The second-order valence-electron chi connectivity index (χ2n) is 11.4. The number of piperazine rings is 1. The largest absolute Gasteiger partial charge is 0.344 e. The molecule has 0 saturated carbocycles. The van der Waals surface area contributed by atoms with Crippen LogP contribution in [0, 0.1) is 0 Å². The fourth-order valence-corrected chi connectivity index (χ4v) is 5.39. The van der Waals surface area contributed by atoms with Gasteiger partial charge < -0.3 is 29.6 Å². The van der Waals surface area contributed by atoms with Gasteiger partial charge >= 0.3 is 0 Å². The van der Waals surface area contributed by atoms with Crippen molar-refractivity contribution in [2.75, 3.05) is 43.9 Å². The van der Waals surface area contributed by atoms with Crippen LogP contribution in [0.15, 0.2) is 85.3 Å². The smallest absolute Gasteiger partial charge is 0.272 e. The lowest BCUT2D eigenvalue weighted by Crippen LogP contribution is -2.47. The van der Waals surface area contributed by atoms with Gasteiger partial charge in [-0.25, -0.2) is 0 Å². The summed E-state index contributed by atoms with van der Waals surface area (Å²) >= 11 is 0. The van der Waals surface area contributed by atoms with Crippen LogP contribution in [0.25, 0.3) is 23.1 Å². The highest BCUT2D eigenvalue weighted by atomic mass is 16.2. The molecule has 5 aromatic rings. The molecule has 10 nitrogen and oxygen atoms in total. The molecule has 0 spiro atoms. The minimum Gasteiger partial charge on any atom is -0.344 e. The zero-order valence-corrected chi connectivity index (χ0v) is 25.5. The molecule has 0 atom stereocenters. The number of carbonyl (C=O) groups excluding carboxylic acids is 3. The summed E-state index contributed by atoms with van der Waals surface area (Å²) in [5, 5.41) is 6.84. The van der Waals surface area contributed by atoms with Gasteiger partial charge in [-0.2, -0.15) is 0 Å². The van der Waals surface area contributed by atoms with E-state index in [-0.39, 0.29) is 17.7 Å². The summed E-state index contributed by atoms with van der Waals surface area (Å²) in [5.74, 6) is -0.682. The Balaban J connectivity index is 1.06. The van der Waals surface area contributed by atoms with E-state index >= 15 is 0 Å². The average molecular weight is 602 g/mol. The number of likely N-dealkylation sites (N-methyl/N-ethyl adjacent to an activating group) is 1. The van der Waals surface area contributed by atoms with Crippen molar-refractivity contribution in [1.82, 2.24) is 23.9 Å². The summed E-state index contributed by atoms with van der Waals surface area (Å²) in [6.07, 6.45) is 9.22. The number of benzene rings is 2. The number of fused-ring (bicyclic) bond motifs is 1. The third-order valence-corrected chi connectivity index (χ3v) is 8.02. The molecule has 3 amide bonds. The first-order chi connectivity index (χ1) is 21.7. The number of hydrogen-bond donors (Lipinski definition) is 2. The van der Waals surface area contributed by atoms with Gasteiger partial charge in [0.2, 0.25) is 0 Å². The molecule has 10 heteroatoms. The van der Waals surface area contributed by atoms with Gasteiger partial charge in [-0.05, 0) is 54.6 Å². The van der Waals surface area contributed by atoms with Gasteiger partial charge in [-0.3, -0.25) is 19.4 Å². The highest BCUT2D eigenvalue weighted by molar-refractivity contribution is 6.07. The molecule has 0 bridgehead atoms. The Morgan fingerprint density at radius 3 is 2.07 bits per heavy atom. The molecule has 0 radical (unpaired) electrons. The second-order valence-corrected chi connectivity index (χ2v) is 11.4. The maximum Gasteiger partial charge on any atom is 0.272 e. The number of anilines is 2. The standard InChI is InChI=1S/C35H35N7O3/c1-39-14-16-42(17-15-39)35(45)32-20-29(23-41(32)3)38-34(44)31-19-28(22-40(31)2)37-33(43)26-12-10-24(11-13-26)8-9-25-18-27-6-4-5-7-30(27)36-21-25/h4-13,18-23H,14-17H2,1-3H3,(H,37,43)(H,38,44)/b9-8+. The van der Waals surface area contributed by atoms with E-state index in [1.54, 1.807) is 59.9 Å². The quantitative estimate of drug-likeness (QED) is 0.274. The predicted molar refractivity (Wildman–Crippen MR) is 177 cm³/mol. The molecule has 1 fully saturated rings. The molecule has 228 valence electrons. The summed E-state index contributed by atoms with van der Waals surface area (Å²) < 4.78 is 3.38. The van der Waals surface area contributed by atoms with Crippen LogP contribution in [0.3, 0.4) is 0 Å². The lowest BCUT2D eigenvalue weighted by atomic mass is 10.1. The molecular formula is C35H35N7O3. The first-order valence-corrected chi connectivity index (χ1v) is 14.8. The van der Waals surface area contributed by atoms with Crippen molar-refractivity contribution < 1.29 is 14.4 Å². The molecule has 1 aliphatic heterocycles. The third kappa shape index (κ3) is 6.71. The molecule has 3 aromatic heterocycles. The van der Waals surface area contributed by atoms with E-state index in [1.165, 1.54) is 0 Å². The van der Waals surface area contributed by atoms with E-state index in [0.717, 1.165) is 35.1 Å². The van der Waals surface area contributed by atoms with Crippen molar-refractivity contribution in [3.05, 3.63) is 113 Å². The van der Waals surface area contributed by atoms with Gasteiger partial charge in [0.1, 0.15) is 11.4 Å². The van der Waals surface area contributed by atoms with E-state index in [1.807, 2.05) is 66.7 Å². The normalized spacial score (nSPS) is 13.8. The average Bonchev–Trinajstić information content (AvgIpc) is 3.60. The highest BCUT2D eigenvalue weighted by Crippen LogP contribution is 2.20. The van der Waals surface area contributed by atoms with Gasteiger partial charge in [0, 0.05) is 69.8 Å². The van der Waals surface area contributed by atoms with Gasteiger partial charge in [-0.15, -0.1) is 0 Å². The zero-order chi connectivity index (χ0) is 31.5. The van der Waals surface area contributed by atoms with Crippen LogP contribution in [0.5, 0.6) is 0 Å². The van der Waals surface area contributed by atoms with Crippen LogP contribution in [0.2, 0.25) is 0 Å². The lowest BCUT2D eigenvalue weighted by molar-refractivity contribution is 0.0654. The van der Waals surface area contributed by atoms with Crippen molar-refractivity contribution in [3.8, 4) is 0 Å². The third-order valence-electron chi connectivity index (χ3n) is 8.02. The number of aromatic nitrogens is 3. The van der Waals surface area contributed by atoms with Crippen molar-refractivity contribution >= 4 is 52.2 Å². The predicted octanol–water partition coefficient (Wildman–Crippen LogP) is 4.97. The maximum absolute atomic E-state index is 13.1. The molecular weight excluding hydrogens is 566 g/mol. The van der Waals surface area contributed by atoms with Crippen LogP contribution < -0.4 is 10.6 Å². The van der Waals surface area contributed by atoms with Crippen LogP contribution in [0.1, 0.15) is 42.5 Å². The second kappa shape index (κ2) is 12.6. The van der Waals surface area contributed by atoms with Crippen LogP contribution in [-0.4, -0.2) is 74.9 Å². The Bertz CT molecular complexity index is 1910. The summed E-state index contributed by atoms with van der Waals surface area (Å²) in [7, 11) is 5.57. The molecule has 1 aliphatic rings. The van der Waals surface area contributed by atoms with E-state index in [4.69, 9.17) is 0 Å². The fraction of sp³-hybridized carbons (Fsp3) is 0.200. The SMILES string of the molecule is CN1CCN(C(=O)c2cc(NC(=O)c3cc(NC(=O)c4ccc(/C=C/c5cnc6ccccc6c5)cc4)cn3C)cn2C)CC1. The number of pyridine rings is 1. The summed E-state index contributed by atoms with van der Waals surface area (Å²) in [4.78, 5) is 47.7. The minimum absolute atomic E-state index is 0.0544. The summed E-state index contributed by atoms with van der Waals surface area (Å²) in [5.41, 5.74) is 5.30. The number of amides is 3. The molecule has 4 heterocycles. The monoisotopic (exact) mass is 601 g/mol. The molecule has 0 unspecified atom stereocenters. The van der Waals surface area contributed by atoms with Gasteiger partial charge in [0.15, 0.2) is 0 Å². The number of para-hydroxylation sites is 1. The Kier molecular flexibility index (Phi) is 8.30. The van der Waals surface area contributed by atoms with Crippen molar-refractivity contribution in [2.45, 2.75) is 0 Å². The summed E-state index contributed by atoms with van der Waals surface area (Å²) in [6.45, 7) is 3.01. The van der Waals surface area contributed by atoms with Gasteiger partial charge in [0.25, 0.3) is 17.7 Å². The Morgan fingerprint density at radius 1 is 0.711 bits per heavy atom. The van der Waals surface area contributed by atoms with Crippen molar-refractivity contribution in [1.29, 1.82) is 0 Å². The number of nitrogens with zero attached hydrogens (tertiary/aromatic N) is 5. The first kappa shape index (κ1) is 29.6. The molecule has 2 aromatic carbocycles. The first-order valence-electron chi connectivity index (χ1n) is 14.8. The number of rotatable bonds is 7. The Hall–Kier alpha value is -5.48. The highest BCUT2D eigenvalue weighted by Gasteiger charge is 2.23. The zero-order valence-electron chi connectivity index (χ0n) is 25.5. The lowest BCUT2D eigenvalue weighted by Gasteiger charge is -2.32. The number of carbonyl (C=O) groups is 3. The van der Waals surface area contributed by atoms with E-state index in [9.17, 15) is 14.4 Å². The molecule has 1 saturated heterocycles.